The fourth-order valence-electron chi connectivity index (χ4n) is 1.32. The van der Waals surface area contributed by atoms with Gasteiger partial charge < -0.3 is 5.32 Å². The van der Waals surface area contributed by atoms with Gasteiger partial charge in [0.05, 0.1) is 24.1 Å². The summed E-state index contributed by atoms with van der Waals surface area (Å²) < 4.78 is 0. The molecule has 0 spiro atoms. The average molecular weight is 271 g/mol. The van der Waals surface area contributed by atoms with Gasteiger partial charge in [-0.25, -0.2) is 0 Å². The van der Waals surface area contributed by atoms with Crippen LogP contribution in [-0.4, -0.2) is 21.3 Å². The molecule has 0 saturated heterocycles. The predicted octanol–water partition coefficient (Wildman–Crippen LogP) is 1.47. The van der Waals surface area contributed by atoms with Crippen molar-refractivity contribution in [3.05, 3.63) is 60.2 Å². The van der Waals surface area contributed by atoms with Crippen LogP contribution in [0.1, 0.15) is 11.4 Å². The van der Waals surface area contributed by atoms with Gasteiger partial charge in [-0.05, 0) is 36.5 Å². The van der Waals surface area contributed by atoms with Crippen LogP contribution in [0.4, 0.5) is 0 Å². The van der Waals surface area contributed by atoms with E-state index in [0.29, 0.717) is 11.7 Å². The van der Waals surface area contributed by atoms with Crippen LogP contribution < -0.4 is 10.7 Å². The van der Waals surface area contributed by atoms with Crippen molar-refractivity contribution >= 4 is 23.5 Å². The molecule has 5 nitrogen and oxygen atoms in total. The Balaban J connectivity index is 1.75. The molecule has 0 aliphatic heterocycles. The van der Waals surface area contributed by atoms with Crippen LogP contribution in [0.25, 0.3) is 0 Å². The summed E-state index contributed by atoms with van der Waals surface area (Å²) in [6.45, 7) is 0.561. The molecule has 96 valence electrons. The van der Waals surface area contributed by atoms with Crippen LogP contribution in [0.3, 0.4) is 0 Å². The maximum atomic E-state index is 5.08. The van der Waals surface area contributed by atoms with E-state index in [9.17, 15) is 0 Å². The minimum absolute atomic E-state index is 0.442. The summed E-state index contributed by atoms with van der Waals surface area (Å²) in [4.78, 5) is 8.29. The van der Waals surface area contributed by atoms with Crippen LogP contribution in [0.5, 0.6) is 0 Å². The highest BCUT2D eigenvalue weighted by molar-refractivity contribution is 7.80. The molecule has 2 aromatic heterocycles. The normalized spacial score (nSPS) is 10.3. The molecule has 2 N–H and O–H groups in total. The van der Waals surface area contributed by atoms with E-state index < -0.39 is 0 Å². The standard InChI is InChI=1S/C13H13N5S/c19-13(16-9-11-5-1-3-7-14-11)18-17-10-12-6-2-4-8-15-12/h1-8,10H,9H2,(H2,16,18,19). The highest BCUT2D eigenvalue weighted by Gasteiger charge is 1.95. The van der Waals surface area contributed by atoms with Gasteiger partial charge in [0, 0.05) is 12.4 Å². The fourth-order valence-corrected chi connectivity index (χ4v) is 1.45. The zero-order valence-electron chi connectivity index (χ0n) is 10.2. The molecule has 0 aromatic carbocycles. The minimum atomic E-state index is 0.442. The zero-order chi connectivity index (χ0) is 13.3. The van der Waals surface area contributed by atoms with Gasteiger partial charge in [0.1, 0.15) is 0 Å². The van der Waals surface area contributed by atoms with E-state index in [-0.39, 0.29) is 0 Å². The third-order valence-electron chi connectivity index (χ3n) is 2.21. The highest BCUT2D eigenvalue weighted by atomic mass is 32.1. The van der Waals surface area contributed by atoms with Gasteiger partial charge in [0.15, 0.2) is 5.11 Å². The quantitative estimate of drug-likeness (QED) is 0.501. The van der Waals surface area contributed by atoms with Crippen molar-refractivity contribution in [1.82, 2.24) is 20.7 Å². The largest absolute Gasteiger partial charge is 0.356 e. The third kappa shape index (κ3) is 4.81. The first-order valence-electron chi connectivity index (χ1n) is 5.72. The molecule has 0 atom stereocenters. The van der Waals surface area contributed by atoms with Crippen LogP contribution >= 0.6 is 12.2 Å². The summed E-state index contributed by atoms with van der Waals surface area (Å²) in [5, 5.41) is 7.44. The molecule has 2 rings (SSSR count). The molecule has 0 aliphatic rings. The number of nitrogens with one attached hydrogen (secondary N) is 2. The minimum Gasteiger partial charge on any atom is -0.356 e. The van der Waals surface area contributed by atoms with E-state index in [1.54, 1.807) is 18.6 Å². The smallest absolute Gasteiger partial charge is 0.187 e. The van der Waals surface area contributed by atoms with E-state index in [0.717, 1.165) is 11.4 Å². The third-order valence-corrected chi connectivity index (χ3v) is 2.44. The fraction of sp³-hybridized carbons (Fsp3) is 0.0769. The molecule has 2 aromatic rings. The summed E-state index contributed by atoms with van der Waals surface area (Å²) >= 11 is 5.08. The van der Waals surface area contributed by atoms with E-state index in [1.807, 2.05) is 36.4 Å². The number of pyridine rings is 2. The molecule has 2 heterocycles. The van der Waals surface area contributed by atoms with E-state index >= 15 is 0 Å². The molecule has 0 amide bonds. The Hall–Kier alpha value is -2.34. The number of nitrogens with zero attached hydrogens (tertiary/aromatic N) is 3. The Bertz CT molecular complexity index is 541. The number of thiocarbonyl (C=S) groups is 1. The summed E-state index contributed by atoms with van der Waals surface area (Å²) in [6, 6.07) is 11.3. The van der Waals surface area contributed by atoms with Gasteiger partial charge in [-0.15, -0.1) is 0 Å². The van der Waals surface area contributed by atoms with Crippen LogP contribution in [-0.2, 0) is 6.54 Å². The van der Waals surface area contributed by atoms with Gasteiger partial charge in [-0.1, -0.05) is 12.1 Å². The lowest BCUT2D eigenvalue weighted by atomic mass is 10.3. The SMILES string of the molecule is S=C(NCc1ccccn1)NN=Cc1ccccn1. The van der Waals surface area contributed by atoms with Crippen LogP contribution in [0.15, 0.2) is 53.9 Å². The highest BCUT2D eigenvalue weighted by Crippen LogP contribution is 1.91. The summed E-state index contributed by atoms with van der Waals surface area (Å²) in [5.41, 5.74) is 4.41. The first kappa shape index (κ1) is 13.1. The monoisotopic (exact) mass is 271 g/mol. The molecule has 0 unspecified atom stereocenters. The topological polar surface area (TPSA) is 62.2 Å². The number of hydrogen-bond donors (Lipinski definition) is 2. The Labute approximate surface area is 116 Å². The van der Waals surface area contributed by atoms with Crippen molar-refractivity contribution in [1.29, 1.82) is 0 Å². The molecule has 19 heavy (non-hydrogen) atoms. The maximum Gasteiger partial charge on any atom is 0.187 e. The lowest BCUT2D eigenvalue weighted by molar-refractivity contribution is 0.841. The van der Waals surface area contributed by atoms with E-state index in [1.165, 1.54) is 0 Å². The summed E-state index contributed by atoms with van der Waals surface area (Å²) in [5.74, 6) is 0. The molecule has 6 heteroatoms. The van der Waals surface area contributed by atoms with Crippen molar-refractivity contribution in [2.24, 2.45) is 5.10 Å². The first-order valence-corrected chi connectivity index (χ1v) is 6.13. The first-order chi connectivity index (χ1) is 9.34. The average Bonchev–Trinajstić information content (AvgIpc) is 2.47. The molecule has 0 aliphatic carbocycles. The number of hydrazone groups is 1. The Morgan fingerprint density at radius 1 is 1.16 bits per heavy atom. The Morgan fingerprint density at radius 3 is 2.63 bits per heavy atom. The lowest BCUT2D eigenvalue weighted by Gasteiger charge is -2.05. The molecule has 0 saturated carbocycles. The van der Waals surface area contributed by atoms with Crippen LogP contribution in [0.2, 0.25) is 0 Å². The van der Waals surface area contributed by atoms with Crippen molar-refractivity contribution in [3.63, 3.8) is 0 Å². The number of hydrogen-bond acceptors (Lipinski definition) is 4. The van der Waals surface area contributed by atoms with E-state index in [4.69, 9.17) is 12.2 Å². The Morgan fingerprint density at radius 2 is 1.95 bits per heavy atom. The number of rotatable bonds is 4. The van der Waals surface area contributed by atoms with Gasteiger partial charge in [-0.3, -0.25) is 15.4 Å². The second-order valence-corrected chi connectivity index (χ2v) is 4.04. The van der Waals surface area contributed by atoms with Gasteiger partial charge in [-0.2, -0.15) is 5.10 Å². The molecule has 0 fully saturated rings. The molecular formula is C13H13N5S. The second kappa shape index (κ2) is 7.17. The zero-order valence-corrected chi connectivity index (χ0v) is 11.0. The van der Waals surface area contributed by atoms with Gasteiger partial charge >= 0.3 is 0 Å². The van der Waals surface area contributed by atoms with Gasteiger partial charge in [0.2, 0.25) is 0 Å². The van der Waals surface area contributed by atoms with Crippen molar-refractivity contribution in [2.75, 3.05) is 0 Å². The van der Waals surface area contributed by atoms with Crippen molar-refractivity contribution in [3.8, 4) is 0 Å². The summed E-state index contributed by atoms with van der Waals surface area (Å²) in [6.07, 6.45) is 5.06. The molecular weight excluding hydrogens is 258 g/mol. The second-order valence-electron chi connectivity index (χ2n) is 3.63. The number of aromatic nitrogens is 2. The lowest BCUT2D eigenvalue weighted by Crippen LogP contribution is -2.31. The maximum absolute atomic E-state index is 5.08. The van der Waals surface area contributed by atoms with E-state index in [2.05, 4.69) is 25.8 Å². The molecule has 0 radical (unpaired) electrons. The van der Waals surface area contributed by atoms with Gasteiger partial charge in [0.25, 0.3) is 0 Å². The van der Waals surface area contributed by atoms with Crippen LogP contribution in [0, 0.1) is 0 Å². The summed E-state index contributed by atoms with van der Waals surface area (Å²) in [7, 11) is 0. The molecule has 0 bridgehead atoms. The predicted molar refractivity (Wildman–Crippen MR) is 78.6 cm³/mol. The Kier molecular flexibility index (Phi) is 4.95. The van der Waals surface area contributed by atoms with Crippen molar-refractivity contribution in [2.45, 2.75) is 6.54 Å². The van der Waals surface area contributed by atoms with Crippen molar-refractivity contribution < 1.29 is 0 Å².